The molecule has 0 amide bonds. The molecule has 2 heterocycles. The Bertz CT molecular complexity index is 1160. The van der Waals surface area contributed by atoms with Crippen molar-refractivity contribution in [3.8, 4) is 0 Å². The summed E-state index contributed by atoms with van der Waals surface area (Å²) >= 11 is 0. The molecular formula is C23H26F3N5. The summed E-state index contributed by atoms with van der Waals surface area (Å²) in [5.74, 6) is -2.28. The van der Waals surface area contributed by atoms with Gasteiger partial charge in [-0.2, -0.15) is 0 Å². The number of nitrogens with one attached hydrogen (secondary N) is 1. The van der Waals surface area contributed by atoms with Gasteiger partial charge in [0.05, 0.1) is 17.8 Å². The predicted molar refractivity (Wildman–Crippen MR) is 116 cm³/mol. The van der Waals surface area contributed by atoms with Crippen LogP contribution in [-0.4, -0.2) is 32.0 Å². The van der Waals surface area contributed by atoms with Crippen molar-refractivity contribution in [3.05, 3.63) is 52.9 Å². The lowest BCUT2D eigenvalue weighted by molar-refractivity contribution is 0.0366. The molecular weight excluding hydrogens is 403 g/mol. The first-order valence-electron chi connectivity index (χ1n) is 10.5. The van der Waals surface area contributed by atoms with Crippen molar-refractivity contribution in [2.45, 2.75) is 58.9 Å². The van der Waals surface area contributed by atoms with Crippen LogP contribution in [0.25, 0.3) is 16.6 Å². The van der Waals surface area contributed by atoms with E-state index in [9.17, 15) is 13.2 Å². The Morgan fingerprint density at radius 1 is 1.23 bits per heavy atom. The Balaban J connectivity index is 1.78. The maximum atomic E-state index is 15.0. The zero-order valence-corrected chi connectivity index (χ0v) is 18.1. The van der Waals surface area contributed by atoms with E-state index in [0.29, 0.717) is 11.9 Å². The molecule has 1 aromatic carbocycles. The van der Waals surface area contributed by atoms with E-state index >= 15 is 0 Å². The number of hydrogen-bond donors (Lipinski definition) is 1. The Kier molecular flexibility index (Phi) is 5.49. The molecule has 1 aliphatic carbocycles. The van der Waals surface area contributed by atoms with E-state index in [1.54, 1.807) is 6.20 Å². The first-order valence-corrected chi connectivity index (χ1v) is 10.5. The second kappa shape index (κ2) is 7.98. The van der Waals surface area contributed by atoms with E-state index in [4.69, 9.17) is 0 Å². The lowest BCUT2D eigenvalue weighted by atomic mass is 9.97. The number of benzene rings is 1. The SMILES string of the molecule is Cc1nc2c(F)cc(C3=CCCCc4nc(NCC(C)(F)F)ncc43)cc2n1C(C)C. The second-order valence-electron chi connectivity index (χ2n) is 8.44. The summed E-state index contributed by atoms with van der Waals surface area (Å²) in [4.78, 5) is 13.1. The first-order chi connectivity index (χ1) is 14.6. The van der Waals surface area contributed by atoms with Crippen LogP contribution in [0.3, 0.4) is 0 Å². The van der Waals surface area contributed by atoms with Gasteiger partial charge < -0.3 is 9.88 Å². The van der Waals surface area contributed by atoms with E-state index < -0.39 is 12.5 Å². The normalized spacial score (nSPS) is 14.5. The molecule has 3 aromatic rings. The maximum Gasteiger partial charge on any atom is 0.262 e. The van der Waals surface area contributed by atoms with Gasteiger partial charge in [0.1, 0.15) is 11.3 Å². The summed E-state index contributed by atoms with van der Waals surface area (Å²) in [6.07, 6.45) is 6.09. The fourth-order valence-corrected chi connectivity index (χ4v) is 4.13. The van der Waals surface area contributed by atoms with Crippen LogP contribution in [0.4, 0.5) is 19.1 Å². The number of anilines is 1. The number of nitrogens with zero attached hydrogens (tertiary/aromatic N) is 4. The summed E-state index contributed by atoms with van der Waals surface area (Å²) in [5, 5.41) is 2.60. The number of aromatic nitrogens is 4. The second-order valence-corrected chi connectivity index (χ2v) is 8.44. The monoisotopic (exact) mass is 429 g/mol. The summed E-state index contributed by atoms with van der Waals surface area (Å²) < 4.78 is 43.4. The van der Waals surface area contributed by atoms with Crippen molar-refractivity contribution in [1.82, 2.24) is 19.5 Å². The van der Waals surface area contributed by atoms with Gasteiger partial charge >= 0.3 is 0 Å². The lowest BCUT2D eigenvalue weighted by Gasteiger charge is -2.15. The van der Waals surface area contributed by atoms with Crippen LogP contribution in [0, 0.1) is 12.7 Å². The highest BCUT2D eigenvalue weighted by Crippen LogP contribution is 2.34. The Hall–Kier alpha value is -2.90. The average molecular weight is 429 g/mol. The number of rotatable bonds is 5. The minimum absolute atomic E-state index is 0.142. The molecule has 1 N–H and O–H groups in total. The molecule has 8 heteroatoms. The highest BCUT2D eigenvalue weighted by molar-refractivity contribution is 5.87. The molecule has 0 spiro atoms. The van der Waals surface area contributed by atoms with Crippen LogP contribution in [-0.2, 0) is 6.42 Å². The van der Waals surface area contributed by atoms with Crippen LogP contribution in [0.1, 0.15) is 62.3 Å². The summed E-state index contributed by atoms with van der Waals surface area (Å²) in [5.41, 5.74) is 4.28. The van der Waals surface area contributed by atoms with Gasteiger partial charge in [-0.15, -0.1) is 0 Å². The molecule has 4 rings (SSSR count). The Morgan fingerprint density at radius 2 is 2.00 bits per heavy atom. The topological polar surface area (TPSA) is 55.6 Å². The smallest absolute Gasteiger partial charge is 0.262 e. The quantitative estimate of drug-likeness (QED) is 0.566. The molecule has 0 aliphatic heterocycles. The van der Waals surface area contributed by atoms with E-state index in [1.165, 1.54) is 6.07 Å². The highest BCUT2D eigenvalue weighted by atomic mass is 19.3. The van der Waals surface area contributed by atoms with Crippen LogP contribution >= 0.6 is 0 Å². The third kappa shape index (κ3) is 4.29. The number of hydrogen-bond acceptors (Lipinski definition) is 4. The van der Waals surface area contributed by atoms with Crippen molar-refractivity contribution < 1.29 is 13.2 Å². The molecule has 0 unspecified atom stereocenters. The van der Waals surface area contributed by atoms with Gasteiger partial charge in [-0.25, -0.2) is 28.1 Å². The van der Waals surface area contributed by atoms with Crippen molar-refractivity contribution in [3.63, 3.8) is 0 Å². The highest BCUT2D eigenvalue weighted by Gasteiger charge is 2.23. The molecule has 0 bridgehead atoms. The van der Waals surface area contributed by atoms with E-state index in [1.807, 2.05) is 31.4 Å². The standard InChI is InChI=1S/C23H26F3N5/c1-13(2)31-14(3)29-21-18(24)9-15(10-20(21)31)16-7-5-6-8-19-17(16)11-27-22(30-19)28-12-23(4,25)26/h7,9-11,13H,5-6,8,12H2,1-4H3,(H,27,28,30). The molecule has 0 radical (unpaired) electrons. The first kappa shape index (κ1) is 21.3. The van der Waals surface area contributed by atoms with Crippen molar-refractivity contribution in [2.75, 3.05) is 11.9 Å². The van der Waals surface area contributed by atoms with Gasteiger partial charge in [-0.1, -0.05) is 6.08 Å². The molecule has 0 saturated heterocycles. The van der Waals surface area contributed by atoms with Gasteiger partial charge in [0.15, 0.2) is 5.82 Å². The number of fused-ring (bicyclic) bond motifs is 2. The van der Waals surface area contributed by atoms with Gasteiger partial charge in [0.25, 0.3) is 5.92 Å². The van der Waals surface area contributed by atoms with Crippen molar-refractivity contribution >= 4 is 22.6 Å². The molecule has 0 saturated carbocycles. The molecule has 0 fully saturated rings. The fraction of sp³-hybridized carbons (Fsp3) is 0.435. The molecule has 5 nitrogen and oxygen atoms in total. The van der Waals surface area contributed by atoms with Gasteiger partial charge in [-0.3, -0.25) is 0 Å². The van der Waals surface area contributed by atoms with E-state index in [0.717, 1.165) is 53.5 Å². The minimum Gasteiger partial charge on any atom is -0.348 e. The number of aryl methyl sites for hydroxylation is 2. The minimum atomic E-state index is -2.86. The largest absolute Gasteiger partial charge is 0.348 e. The van der Waals surface area contributed by atoms with Gasteiger partial charge in [-0.05, 0) is 63.3 Å². The number of imidazole rings is 1. The zero-order chi connectivity index (χ0) is 22.3. The number of alkyl halides is 2. The van der Waals surface area contributed by atoms with Gasteiger partial charge in [0.2, 0.25) is 5.95 Å². The summed E-state index contributed by atoms with van der Waals surface area (Å²) in [6.45, 7) is 6.28. The maximum absolute atomic E-state index is 15.0. The summed E-state index contributed by atoms with van der Waals surface area (Å²) in [7, 11) is 0. The van der Waals surface area contributed by atoms with Crippen LogP contribution < -0.4 is 5.32 Å². The average Bonchev–Trinajstić information content (AvgIpc) is 2.89. The molecule has 1 aliphatic rings. The Morgan fingerprint density at radius 3 is 2.71 bits per heavy atom. The van der Waals surface area contributed by atoms with Crippen molar-refractivity contribution in [2.24, 2.45) is 0 Å². The van der Waals surface area contributed by atoms with E-state index in [-0.39, 0.29) is 17.8 Å². The number of allylic oxidation sites excluding steroid dienone is 1. The Labute approximate surface area is 179 Å². The third-order valence-corrected chi connectivity index (χ3v) is 5.43. The zero-order valence-electron chi connectivity index (χ0n) is 18.1. The van der Waals surface area contributed by atoms with Crippen molar-refractivity contribution in [1.29, 1.82) is 0 Å². The van der Waals surface area contributed by atoms with Crippen LogP contribution in [0.2, 0.25) is 0 Å². The molecule has 164 valence electrons. The number of halogens is 3. The van der Waals surface area contributed by atoms with Crippen LogP contribution in [0.5, 0.6) is 0 Å². The molecule has 2 aromatic heterocycles. The predicted octanol–water partition coefficient (Wildman–Crippen LogP) is 5.69. The third-order valence-electron chi connectivity index (χ3n) is 5.43. The van der Waals surface area contributed by atoms with Gasteiger partial charge in [0, 0.05) is 24.7 Å². The van der Waals surface area contributed by atoms with E-state index in [2.05, 4.69) is 26.3 Å². The molecule has 0 atom stereocenters. The lowest BCUT2D eigenvalue weighted by Crippen LogP contribution is -2.24. The van der Waals surface area contributed by atoms with Crippen LogP contribution in [0.15, 0.2) is 24.4 Å². The summed E-state index contributed by atoms with van der Waals surface area (Å²) in [6, 6.07) is 3.61. The molecule has 31 heavy (non-hydrogen) atoms. The fourth-order valence-electron chi connectivity index (χ4n) is 4.13.